The van der Waals surface area contributed by atoms with Crippen LogP contribution in [0.1, 0.15) is 6.92 Å². The van der Waals surface area contributed by atoms with Gasteiger partial charge < -0.3 is 9.84 Å². The van der Waals surface area contributed by atoms with Gasteiger partial charge in [-0.1, -0.05) is 25.1 Å². The lowest BCUT2D eigenvalue weighted by atomic mass is 10.3. The Bertz CT molecular complexity index is 468. The third kappa shape index (κ3) is 3.79. The number of aliphatic hydroxyl groups is 1. The Labute approximate surface area is 112 Å². The van der Waals surface area contributed by atoms with E-state index < -0.39 is 0 Å². The summed E-state index contributed by atoms with van der Waals surface area (Å²) in [7, 11) is 0. The van der Waals surface area contributed by atoms with Crippen molar-refractivity contribution in [2.75, 3.05) is 6.61 Å². The molecule has 94 valence electrons. The molecule has 0 bridgehead atoms. The molecule has 0 amide bonds. The highest BCUT2D eigenvalue weighted by molar-refractivity contribution is 8.00. The molecule has 0 saturated carbocycles. The first kappa shape index (κ1) is 13.0. The number of aliphatic hydroxyl groups excluding tert-OH is 1. The number of para-hydroxylation sites is 1. The van der Waals surface area contributed by atoms with Crippen LogP contribution in [0.3, 0.4) is 0 Å². The van der Waals surface area contributed by atoms with Gasteiger partial charge >= 0.3 is 0 Å². The van der Waals surface area contributed by atoms with Gasteiger partial charge in [-0.2, -0.15) is 0 Å². The molecule has 18 heavy (non-hydrogen) atoms. The first-order valence-corrected chi connectivity index (χ1v) is 6.76. The first-order chi connectivity index (χ1) is 8.78. The van der Waals surface area contributed by atoms with Crippen molar-refractivity contribution in [3.63, 3.8) is 0 Å². The molecule has 1 N–H and O–H groups in total. The predicted molar refractivity (Wildman–Crippen MR) is 75.4 cm³/mol. The van der Waals surface area contributed by atoms with E-state index in [1.165, 1.54) is 0 Å². The van der Waals surface area contributed by atoms with Crippen LogP contribution >= 0.6 is 11.8 Å². The van der Waals surface area contributed by atoms with Gasteiger partial charge in [-0.3, -0.25) is 0 Å². The average Bonchev–Trinajstić information content (AvgIpc) is 2.42. The van der Waals surface area contributed by atoms with Crippen molar-refractivity contribution in [3.8, 4) is 11.5 Å². The Morgan fingerprint density at radius 2 is 1.61 bits per heavy atom. The largest absolute Gasteiger partial charge is 0.457 e. The quantitative estimate of drug-likeness (QED) is 0.825. The second kappa shape index (κ2) is 6.47. The molecule has 0 radical (unpaired) electrons. The van der Waals surface area contributed by atoms with Gasteiger partial charge in [0, 0.05) is 10.1 Å². The fourth-order valence-electron chi connectivity index (χ4n) is 1.48. The Hall–Kier alpha value is -1.45. The molecule has 2 aromatic carbocycles. The van der Waals surface area contributed by atoms with Gasteiger partial charge in [0.2, 0.25) is 0 Å². The van der Waals surface area contributed by atoms with Gasteiger partial charge in [-0.05, 0) is 36.4 Å². The second-order valence-electron chi connectivity index (χ2n) is 4.00. The molecule has 0 aliphatic heterocycles. The zero-order chi connectivity index (χ0) is 12.8. The van der Waals surface area contributed by atoms with E-state index in [-0.39, 0.29) is 11.9 Å². The molecule has 2 nitrogen and oxygen atoms in total. The number of hydrogen-bond acceptors (Lipinski definition) is 3. The van der Waals surface area contributed by atoms with Crippen LogP contribution in [0.2, 0.25) is 0 Å². The number of thioether (sulfide) groups is 1. The summed E-state index contributed by atoms with van der Waals surface area (Å²) in [4.78, 5) is 1.14. The molecular formula is C15H16O2S. The van der Waals surface area contributed by atoms with Gasteiger partial charge in [-0.25, -0.2) is 0 Å². The average molecular weight is 260 g/mol. The third-order valence-electron chi connectivity index (χ3n) is 2.40. The van der Waals surface area contributed by atoms with Crippen LogP contribution in [0.15, 0.2) is 59.5 Å². The molecule has 0 fully saturated rings. The van der Waals surface area contributed by atoms with Crippen LogP contribution in [-0.2, 0) is 0 Å². The van der Waals surface area contributed by atoms with Crippen LogP contribution in [0.4, 0.5) is 0 Å². The maximum absolute atomic E-state index is 9.00. The number of benzene rings is 2. The van der Waals surface area contributed by atoms with Crippen LogP contribution in [0.5, 0.6) is 11.5 Å². The number of hydrogen-bond donors (Lipinski definition) is 1. The molecule has 0 saturated heterocycles. The lowest BCUT2D eigenvalue weighted by Gasteiger charge is -2.09. The molecule has 2 aromatic rings. The maximum Gasteiger partial charge on any atom is 0.127 e. The summed E-state index contributed by atoms with van der Waals surface area (Å²) in [5.41, 5.74) is 0. The van der Waals surface area contributed by atoms with E-state index in [2.05, 4.69) is 0 Å². The standard InChI is InChI=1S/C15H16O2S/c1-12(11-16)18-15-9-7-14(8-10-15)17-13-5-3-2-4-6-13/h2-10,12,16H,11H2,1H3. The summed E-state index contributed by atoms with van der Waals surface area (Å²) < 4.78 is 5.71. The van der Waals surface area contributed by atoms with E-state index >= 15 is 0 Å². The zero-order valence-electron chi connectivity index (χ0n) is 10.2. The van der Waals surface area contributed by atoms with E-state index in [4.69, 9.17) is 9.84 Å². The number of rotatable bonds is 5. The molecule has 1 unspecified atom stereocenters. The summed E-state index contributed by atoms with van der Waals surface area (Å²) in [6.45, 7) is 2.19. The summed E-state index contributed by atoms with van der Waals surface area (Å²) in [6, 6.07) is 17.6. The molecule has 0 aromatic heterocycles. The summed E-state index contributed by atoms with van der Waals surface area (Å²) in [5.74, 6) is 1.66. The topological polar surface area (TPSA) is 29.5 Å². The van der Waals surface area contributed by atoms with Gasteiger partial charge in [0.15, 0.2) is 0 Å². The highest BCUT2D eigenvalue weighted by Crippen LogP contribution is 2.27. The minimum absolute atomic E-state index is 0.187. The molecule has 0 spiro atoms. The molecule has 0 aliphatic rings. The predicted octanol–water partition coefficient (Wildman–Crippen LogP) is 3.95. The smallest absolute Gasteiger partial charge is 0.127 e. The monoisotopic (exact) mass is 260 g/mol. The van der Waals surface area contributed by atoms with Gasteiger partial charge in [0.25, 0.3) is 0 Å². The number of ether oxygens (including phenoxy) is 1. The lowest BCUT2D eigenvalue weighted by Crippen LogP contribution is -2.01. The fourth-order valence-corrected chi connectivity index (χ4v) is 2.31. The fraction of sp³-hybridized carbons (Fsp3) is 0.200. The lowest BCUT2D eigenvalue weighted by molar-refractivity contribution is 0.300. The van der Waals surface area contributed by atoms with E-state index in [0.29, 0.717) is 0 Å². The third-order valence-corrected chi connectivity index (χ3v) is 3.49. The molecule has 2 rings (SSSR count). The summed E-state index contributed by atoms with van der Waals surface area (Å²) in [6.07, 6.45) is 0. The van der Waals surface area contributed by atoms with Crippen molar-refractivity contribution in [3.05, 3.63) is 54.6 Å². The van der Waals surface area contributed by atoms with E-state index in [0.717, 1.165) is 16.4 Å². The highest BCUT2D eigenvalue weighted by Gasteiger charge is 2.03. The van der Waals surface area contributed by atoms with E-state index in [1.54, 1.807) is 11.8 Å². The van der Waals surface area contributed by atoms with Crippen molar-refractivity contribution in [1.29, 1.82) is 0 Å². The van der Waals surface area contributed by atoms with Crippen molar-refractivity contribution in [2.45, 2.75) is 17.1 Å². The van der Waals surface area contributed by atoms with Gasteiger partial charge in [0.1, 0.15) is 11.5 Å². The minimum Gasteiger partial charge on any atom is -0.457 e. The van der Waals surface area contributed by atoms with Crippen molar-refractivity contribution in [2.24, 2.45) is 0 Å². The van der Waals surface area contributed by atoms with Crippen molar-refractivity contribution < 1.29 is 9.84 Å². The van der Waals surface area contributed by atoms with Crippen LogP contribution in [0.25, 0.3) is 0 Å². The molecular weight excluding hydrogens is 244 g/mol. The first-order valence-electron chi connectivity index (χ1n) is 5.88. The van der Waals surface area contributed by atoms with Crippen molar-refractivity contribution >= 4 is 11.8 Å². The SMILES string of the molecule is CC(CO)Sc1ccc(Oc2ccccc2)cc1. The Morgan fingerprint density at radius 3 is 2.22 bits per heavy atom. The second-order valence-corrected chi connectivity index (χ2v) is 5.51. The van der Waals surface area contributed by atoms with Gasteiger partial charge in [0.05, 0.1) is 6.61 Å². The van der Waals surface area contributed by atoms with Crippen LogP contribution < -0.4 is 4.74 Å². The van der Waals surface area contributed by atoms with Crippen LogP contribution in [0, 0.1) is 0 Å². The molecule has 0 heterocycles. The Morgan fingerprint density at radius 1 is 1.00 bits per heavy atom. The zero-order valence-corrected chi connectivity index (χ0v) is 11.1. The minimum atomic E-state index is 0.187. The van der Waals surface area contributed by atoms with Crippen molar-refractivity contribution in [1.82, 2.24) is 0 Å². The summed E-state index contributed by atoms with van der Waals surface area (Å²) >= 11 is 1.65. The summed E-state index contributed by atoms with van der Waals surface area (Å²) in [5, 5.41) is 9.21. The maximum atomic E-state index is 9.00. The highest BCUT2D eigenvalue weighted by atomic mass is 32.2. The Balaban J connectivity index is 2.00. The molecule has 0 aliphatic carbocycles. The van der Waals surface area contributed by atoms with Gasteiger partial charge in [-0.15, -0.1) is 11.8 Å². The normalized spacial score (nSPS) is 12.1. The molecule has 3 heteroatoms. The van der Waals surface area contributed by atoms with Crippen LogP contribution in [-0.4, -0.2) is 17.0 Å². The molecule has 1 atom stereocenters. The Kier molecular flexibility index (Phi) is 4.67. The van der Waals surface area contributed by atoms with E-state index in [1.807, 2.05) is 61.5 Å². The van der Waals surface area contributed by atoms with E-state index in [9.17, 15) is 0 Å².